The van der Waals surface area contributed by atoms with Gasteiger partial charge in [0, 0.05) is 11.1 Å². The molecule has 0 saturated heterocycles. The Labute approximate surface area is 194 Å². The van der Waals surface area contributed by atoms with Crippen LogP contribution in [0.25, 0.3) is 11.3 Å². The molecule has 3 aromatic rings. The lowest BCUT2D eigenvalue weighted by Gasteiger charge is -2.28. The quantitative estimate of drug-likeness (QED) is 0.384. The van der Waals surface area contributed by atoms with E-state index in [0.717, 1.165) is 19.3 Å². The number of nitrogen functional groups attached to an aromatic ring is 1. The number of hydrogen-bond acceptors (Lipinski definition) is 7. The van der Waals surface area contributed by atoms with Crippen LogP contribution in [0.2, 0.25) is 0 Å². The van der Waals surface area contributed by atoms with E-state index in [1.54, 1.807) is 12.1 Å². The lowest BCUT2D eigenvalue weighted by atomic mass is 9.79. The number of benzene rings is 2. The van der Waals surface area contributed by atoms with Crippen LogP contribution in [0.3, 0.4) is 0 Å². The van der Waals surface area contributed by atoms with Gasteiger partial charge >= 0.3 is 5.97 Å². The molecule has 0 aliphatic heterocycles. The summed E-state index contributed by atoms with van der Waals surface area (Å²) in [5, 5.41) is 21.8. The highest BCUT2D eigenvalue weighted by Gasteiger charge is 2.27. The van der Waals surface area contributed by atoms with E-state index in [1.165, 1.54) is 31.5 Å². The summed E-state index contributed by atoms with van der Waals surface area (Å²) in [4.78, 5) is 32.0. The number of carbonyl (C=O) groups is 2. The molecule has 1 fully saturated rings. The minimum absolute atomic E-state index is 0.0425. The molecule has 1 aromatic heterocycles. The Bertz CT molecular complexity index is 1260. The molecule has 9 nitrogen and oxygen atoms in total. The Morgan fingerprint density at radius 3 is 2.59 bits per heavy atom. The maximum Gasteiger partial charge on any atom is 0.336 e. The van der Waals surface area contributed by atoms with Gasteiger partial charge in [0.2, 0.25) is 0 Å². The third-order valence-electron chi connectivity index (χ3n) is 5.91. The average molecular weight is 466 g/mol. The van der Waals surface area contributed by atoms with Gasteiger partial charge in [-0.3, -0.25) is 9.78 Å². The molecule has 5 N–H and O–H groups in total. The van der Waals surface area contributed by atoms with Crippen molar-refractivity contribution in [1.29, 1.82) is 0 Å². The number of carbonyl (C=O) groups excluding carboxylic acids is 1. The molecular weight excluding hydrogens is 443 g/mol. The Balaban J connectivity index is 1.59. The smallest absolute Gasteiger partial charge is 0.336 e. The van der Waals surface area contributed by atoms with E-state index in [9.17, 15) is 19.8 Å². The van der Waals surface area contributed by atoms with E-state index in [-0.39, 0.29) is 51.3 Å². The third-order valence-corrected chi connectivity index (χ3v) is 5.91. The van der Waals surface area contributed by atoms with Gasteiger partial charge in [0.05, 0.1) is 29.3 Å². The van der Waals surface area contributed by atoms with Crippen LogP contribution in [0.4, 0.5) is 15.9 Å². The lowest BCUT2D eigenvalue weighted by molar-refractivity contribution is -0.118. The predicted octanol–water partition coefficient (Wildman–Crippen LogP) is 3.86. The number of phenols is 1. The molecule has 0 unspecified atom stereocenters. The molecule has 1 aliphatic carbocycles. The van der Waals surface area contributed by atoms with Crippen molar-refractivity contribution in [3.05, 3.63) is 59.2 Å². The number of phenolic OH excluding ortho intramolecular Hbond substituents is 1. The first kappa shape index (κ1) is 23.0. The number of hydrogen-bond donors (Lipinski definition) is 4. The Morgan fingerprint density at radius 2 is 1.97 bits per heavy atom. The van der Waals surface area contributed by atoms with Crippen LogP contribution >= 0.6 is 0 Å². The summed E-state index contributed by atoms with van der Waals surface area (Å²) in [7, 11) is 0. The van der Waals surface area contributed by atoms with Gasteiger partial charge in [-0.05, 0) is 49.4 Å². The van der Waals surface area contributed by atoms with Crippen LogP contribution < -0.4 is 15.8 Å². The number of amides is 1. The standard InChI is InChI=1S/C24H23FN4O5/c1-12-14(24(32)33)7-8-18(30)22(12)29-20(31)11-34-23-15(13-3-2-4-13)5-6-16(21(23)25)17-9-28-19(26)10-27-17/h5-10,13,30H,2-4,11H2,1H3,(H2,26,28)(H,29,31)(H,32,33). The molecule has 0 atom stereocenters. The second-order valence-electron chi connectivity index (χ2n) is 8.07. The van der Waals surface area contributed by atoms with Crippen molar-refractivity contribution < 1.29 is 28.9 Å². The van der Waals surface area contributed by atoms with Crippen molar-refractivity contribution >= 4 is 23.4 Å². The molecule has 1 saturated carbocycles. The van der Waals surface area contributed by atoms with E-state index < -0.39 is 24.3 Å². The summed E-state index contributed by atoms with van der Waals surface area (Å²) >= 11 is 0. The molecule has 1 heterocycles. The van der Waals surface area contributed by atoms with Crippen molar-refractivity contribution in [3.63, 3.8) is 0 Å². The summed E-state index contributed by atoms with van der Waals surface area (Å²) < 4.78 is 21.2. The van der Waals surface area contributed by atoms with Gasteiger partial charge in [-0.25, -0.2) is 14.2 Å². The van der Waals surface area contributed by atoms with Crippen LogP contribution in [0.1, 0.15) is 46.7 Å². The Kier molecular flexibility index (Phi) is 6.31. The molecule has 2 aromatic carbocycles. The first-order valence-electron chi connectivity index (χ1n) is 10.6. The van der Waals surface area contributed by atoms with Crippen molar-refractivity contribution in [2.75, 3.05) is 17.7 Å². The zero-order valence-electron chi connectivity index (χ0n) is 18.3. The molecule has 176 valence electrons. The third kappa shape index (κ3) is 4.47. The normalized spacial score (nSPS) is 13.2. The number of nitrogens with zero attached hydrogens (tertiary/aromatic N) is 2. The number of nitrogens with two attached hydrogens (primary N) is 1. The monoisotopic (exact) mass is 466 g/mol. The minimum Gasteiger partial charge on any atom is -0.506 e. The van der Waals surface area contributed by atoms with E-state index >= 15 is 4.39 Å². The number of halogens is 1. The Hall–Kier alpha value is -4.21. The van der Waals surface area contributed by atoms with Crippen LogP contribution in [-0.2, 0) is 4.79 Å². The second-order valence-corrected chi connectivity index (χ2v) is 8.07. The van der Waals surface area contributed by atoms with Gasteiger partial charge in [0.25, 0.3) is 5.91 Å². The summed E-state index contributed by atoms with van der Waals surface area (Å²) in [5.74, 6) is -2.55. The average Bonchev–Trinajstić information content (AvgIpc) is 2.75. The highest BCUT2D eigenvalue weighted by Crippen LogP contribution is 2.43. The largest absolute Gasteiger partial charge is 0.506 e. The fraction of sp³-hybridized carbons (Fsp3) is 0.250. The summed E-state index contributed by atoms with van der Waals surface area (Å²) in [6.45, 7) is 0.912. The Morgan fingerprint density at radius 1 is 1.21 bits per heavy atom. The molecule has 1 amide bonds. The highest BCUT2D eigenvalue weighted by molar-refractivity contribution is 5.98. The molecule has 0 bridgehead atoms. The maximum absolute atomic E-state index is 15.5. The number of aromatic hydroxyl groups is 1. The number of carboxylic acids is 1. The molecule has 0 radical (unpaired) electrons. The summed E-state index contributed by atoms with van der Waals surface area (Å²) in [5.41, 5.74) is 6.74. The first-order chi connectivity index (χ1) is 16.3. The van der Waals surface area contributed by atoms with Gasteiger partial charge < -0.3 is 26.0 Å². The number of aromatic carboxylic acids is 1. The number of carboxylic acid groups (broad SMARTS) is 1. The fourth-order valence-corrected chi connectivity index (χ4v) is 3.83. The van der Waals surface area contributed by atoms with E-state index in [2.05, 4.69) is 15.3 Å². The minimum atomic E-state index is -1.20. The van der Waals surface area contributed by atoms with Gasteiger partial charge in [-0.1, -0.05) is 12.5 Å². The summed E-state index contributed by atoms with van der Waals surface area (Å²) in [6.07, 6.45) is 5.48. The highest BCUT2D eigenvalue weighted by atomic mass is 19.1. The molecular formula is C24H23FN4O5. The SMILES string of the molecule is Cc1c(C(=O)O)ccc(O)c1NC(=O)COc1c(C2CCC2)ccc(-c2cnc(N)cn2)c1F. The lowest BCUT2D eigenvalue weighted by Crippen LogP contribution is -2.23. The van der Waals surface area contributed by atoms with Crippen LogP contribution in [-0.4, -0.2) is 38.7 Å². The molecule has 34 heavy (non-hydrogen) atoms. The first-order valence-corrected chi connectivity index (χ1v) is 10.6. The zero-order valence-corrected chi connectivity index (χ0v) is 18.3. The maximum atomic E-state index is 15.5. The number of rotatable bonds is 7. The van der Waals surface area contributed by atoms with Crippen LogP contribution in [0.15, 0.2) is 36.7 Å². The molecule has 10 heteroatoms. The molecule has 4 rings (SSSR count). The number of anilines is 2. The second kappa shape index (κ2) is 9.34. The van der Waals surface area contributed by atoms with Crippen LogP contribution in [0, 0.1) is 12.7 Å². The fourth-order valence-electron chi connectivity index (χ4n) is 3.83. The van der Waals surface area contributed by atoms with Gasteiger partial charge in [-0.15, -0.1) is 0 Å². The van der Waals surface area contributed by atoms with Gasteiger partial charge in [0.15, 0.2) is 18.2 Å². The zero-order chi connectivity index (χ0) is 24.4. The van der Waals surface area contributed by atoms with Crippen molar-refractivity contribution in [2.24, 2.45) is 0 Å². The predicted molar refractivity (Wildman–Crippen MR) is 122 cm³/mol. The number of nitrogens with one attached hydrogen (secondary N) is 1. The van der Waals surface area contributed by atoms with E-state index in [4.69, 9.17) is 10.5 Å². The van der Waals surface area contributed by atoms with Gasteiger partial charge in [0.1, 0.15) is 11.6 Å². The molecule has 0 spiro atoms. The van der Waals surface area contributed by atoms with Crippen molar-refractivity contribution in [1.82, 2.24) is 9.97 Å². The van der Waals surface area contributed by atoms with Crippen molar-refractivity contribution in [2.45, 2.75) is 32.1 Å². The van der Waals surface area contributed by atoms with E-state index in [0.29, 0.717) is 5.56 Å². The van der Waals surface area contributed by atoms with Gasteiger partial charge in [-0.2, -0.15) is 0 Å². The van der Waals surface area contributed by atoms with Crippen LogP contribution in [0.5, 0.6) is 11.5 Å². The topological polar surface area (TPSA) is 148 Å². The molecule has 1 aliphatic rings. The van der Waals surface area contributed by atoms with E-state index in [1.807, 2.05) is 0 Å². The number of ether oxygens (including phenoxy) is 1. The number of aromatic nitrogens is 2. The van der Waals surface area contributed by atoms with Crippen molar-refractivity contribution in [3.8, 4) is 22.8 Å². The summed E-state index contributed by atoms with van der Waals surface area (Å²) in [6, 6.07) is 5.79.